The third-order valence-electron chi connectivity index (χ3n) is 5.52. The fraction of sp³-hybridized carbons (Fsp3) is 0.308. The van der Waals surface area contributed by atoms with E-state index >= 15 is 0 Å². The van der Waals surface area contributed by atoms with Gasteiger partial charge in [0.05, 0.1) is 12.2 Å². The van der Waals surface area contributed by atoms with E-state index in [4.69, 9.17) is 16.7 Å². The molecule has 4 rings (SSSR count). The van der Waals surface area contributed by atoms with Crippen LogP contribution < -0.4 is 5.32 Å². The Morgan fingerprint density at radius 3 is 2.34 bits per heavy atom. The SMILES string of the molecule is C#C.CO.O=C(N[C@H](CC(=O)N1C[C@@H](O)[C@@H](O)C1)Cc1ccccc1)c1cc2cc(Cl)ccc2[nH]1. The normalized spacial score (nSPS) is 17.5. The number of carbonyl (C=O) groups is 2. The summed E-state index contributed by atoms with van der Waals surface area (Å²) in [5.41, 5.74) is 2.17. The van der Waals surface area contributed by atoms with Gasteiger partial charge < -0.3 is 30.5 Å². The quantitative estimate of drug-likeness (QED) is 0.331. The van der Waals surface area contributed by atoms with E-state index in [-0.39, 0.29) is 31.3 Å². The molecule has 0 bridgehead atoms. The highest BCUT2D eigenvalue weighted by Gasteiger charge is 2.33. The molecule has 1 aromatic heterocycles. The predicted octanol–water partition coefficient (Wildman–Crippen LogP) is 1.97. The summed E-state index contributed by atoms with van der Waals surface area (Å²) in [6.45, 7) is 0.184. The van der Waals surface area contributed by atoms with Crippen LogP contribution >= 0.6 is 11.6 Å². The minimum Gasteiger partial charge on any atom is -0.400 e. The first kappa shape index (κ1) is 27.9. The van der Waals surface area contributed by atoms with Gasteiger partial charge in [-0.3, -0.25) is 9.59 Å². The largest absolute Gasteiger partial charge is 0.400 e. The summed E-state index contributed by atoms with van der Waals surface area (Å²) in [6.07, 6.45) is 6.66. The van der Waals surface area contributed by atoms with Gasteiger partial charge >= 0.3 is 0 Å². The number of fused-ring (bicyclic) bond motifs is 1. The van der Waals surface area contributed by atoms with Gasteiger partial charge in [-0.15, -0.1) is 12.8 Å². The molecule has 0 aliphatic carbocycles. The van der Waals surface area contributed by atoms with Crippen molar-refractivity contribution in [2.24, 2.45) is 0 Å². The van der Waals surface area contributed by atoms with Crippen molar-refractivity contribution in [3.63, 3.8) is 0 Å². The fourth-order valence-electron chi connectivity index (χ4n) is 3.87. The Hall–Kier alpha value is -3.35. The van der Waals surface area contributed by atoms with Crippen molar-refractivity contribution in [3.8, 4) is 12.8 Å². The second-order valence-corrected chi connectivity index (χ2v) is 8.35. The molecule has 1 saturated heterocycles. The number of nitrogens with zero attached hydrogens (tertiary/aromatic N) is 1. The number of benzene rings is 2. The number of nitrogens with one attached hydrogen (secondary N) is 2. The number of aromatic nitrogens is 1. The lowest BCUT2D eigenvalue weighted by molar-refractivity contribution is -0.131. The maximum Gasteiger partial charge on any atom is 0.267 e. The number of carbonyl (C=O) groups excluding carboxylic acids is 2. The first-order valence-electron chi connectivity index (χ1n) is 10.9. The highest BCUT2D eigenvalue weighted by molar-refractivity contribution is 6.31. The van der Waals surface area contributed by atoms with Crippen LogP contribution in [0, 0.1) is 12.8 Å². The van der Waals surface area contributed by atoms with E-state index in [2.05, 4.69) is 23.1 Å². The number of hydrogen-bond donors (Lipinski definition) is 5. The summed E-state index contributed by atoms with van der Waals surface area (Å²) in [5.74, 6) is -0.539. The lowest BCUT2D eigenvalue weighted by Crippen LogP contribution is -2.41. The molecular weight excluding hydrogens is 470 g/mol. The van der Waals surface area contributed by atoms with Crippen molar-refractivity contribution in [2.75, 3.05) is 20.2 Å². The van der Waals surface area contributed by atoms with E-state index in [1.807, 2.05) is 36.4 Å². The Balaban J connectivity index is 0.00000103. The minimum atomic E-state index is -0.940. The second kappa shape index (κ2) is 13.5. The van der Waals surface area contributed by atoms with Gasteiger partial charge in [0, 0.05) is 48.6 Å². The van der Waals surface area contributed by atoms with E-state index in [1.165, 1.54) is 4.90 Å². The molecule has 8 nitrogen and oxygen atoms in total. The summed E-state index contributed by atoms with van der Waals surface area (Å²) in [4.78, 5) is 30.2. The number of aliphatic hydroxyl groups is 3. The number of aromatic amines is 1. The van der Waals surface area contributed by atoms with Crippen molar-refractivity contribution < 1.29 is 24.9 Å². The molecule has 3 atom stereocenters. The van der Waals surface area contributed by atoms with Gasteiger partial charge in [0.2, 0.25) is 5.91 Å². The maximum atomic E-state index is 12.9. The number of hydrogen-bond acceptors (Lipinski definition) is 5. The molecule has 2 heterocycles. The Bertz CT molecular complexity index is 1120. The molecule has 1 aliphatic heterocycles. The van der Waals surface area contributed by atoms with Crippen molar-refractivity contribution in [3.05, 3.63) is 70.9 Å². The van der Waals surface area contributed by atoms with Crippen LogP contribution in [0.1, 0.15) is 22.5 Å². The molecule has 1 aliphatic rings. The van der Waals surface area contributed by atoms with Crippen LogP contribution in [0.3, 0.4) is 0 Å². The lowest BCUT2D eigenvalue weighted by atomic mass is 10.0. The highest BCUT2D eigenvalue weighted by Crippen LogP contribution is 2.20. The third-order valence-corrected chi connectivity index (χ3v) is 5.76. The number of H-pyrrole nitrogens is 1. The summed E-state index contributed by atoms with van der Waals surface area (Å²) < 4.78 is 0. The van der Waals surface area contributed by atoms with Gasteiger partial charge in [-0.2, -0.15) is 0 Å². The zero-order valence-electron chi connectivity index (χ0n) is 19.4. The van der Waals surface area contributed by atoms with Gasteiger partial charge in [-0.05, 0) is 36.2 Å². The molecule has 2 amide bonds. The maximum absolute atomic E-state index is 12.9. The minimum absolute atomic E-state index is 0.0616. The van der Waals surface area contributed by atoms with Crippen molar-refractivity contribution in [1.29, 1.82) is 0 Å². The predicted molar refractivity (Wildman–Crippen MR) is 136 cm³/mol. The Morgan fingerprint density at radius 2 is 1.71 bits per heavy atom. The summed E-state index contributed by atoms with van der Waals surface area (Å²) in [6, 6.07) is 16.2. The summed E-state index contributed by atoms with van der Waals surface area (Å²) >= 11 is 6.03. The number of terminal acetylenes is 1. The van der Waals surface area contributed by atoms with Crippen LogP contribution in [0.15, 0.2) is 54.6 Å². The second-order valence-electron chi connectivity index (χ2n) is 7.91. The number of halogens is 1. The van der Waals surface area contributed by atoms with Crippen LogP contribution in [0.5, 0.6) is 0 Å². The zero-order valence-corrected chi connectivity index (χ0v) is 20.2. The number of aliphatic hydroxyl groups excluding tert-OH is 3. The van der Waals surface area contributed by atoms with E-state index in [1.54, 1.807) is 18.2 Å². The van der Waals surface area contributed by atoms with Crippen LogP contribution in [0.2, 0.25) is 5.02 Å². The smallest absolute Gasteiger partial charge is 0.267 e. The Kier molecular flexibility index (Phi) is 10.8. The molecule has 3 aromatic rings. The zero-order chi connectivity index (χ0) is 26.0. The topological polar surface area (TPSA) is 126 Å². The number of rotatable bonds is 6. The average molecular weight is 500 g/mol. The molecule has 0 unspecified atom stereocenters. The fourth-order valence-corrected chi connectivity index (χ4v) is 4.06. The molecule has 9 heteroatoms. The van der Waals surface area contributed by atoms with E-state index in [0.29, 0.717) is 17.1 Å². The van der Waals surface area contributed by atoms with Crippen molar-refractivity contribution in [2.45, 2.75) is 31.1 Å². The molecule has 0 radical (unpaired) electrons. The summed E-state index contributed by atoms with van der Waals surface area (Å²) in [5, 5.41) is 30.9. The monoisotopic (exact) mass is 499 g/mol. The molecule has 5 N–H and O–H groups in total. The van der Waals surface area contributed by atoms with Gasteiger partial charge in [0.25, 0.3) is 5.91 Å². The molecule has 0 saturated carbocycles. The van der Waals surface area contributed by atoms with Gasteiger partial charge in [0.1, 0.15) is 5.69 Å². The molecule has 186 valence electrons. The molecule has 1 fully saturated rings. The van der Waals surface area contributed by atoms with Crippen LogP contribution in [0.25, 0.3) is 10.9 Å². The third kappa shape index (κ3) is 7.57. The van der Waals surface area contributed by atoms with E-state index < -0.39 is 18.2 Å². The van der Waals surface area contributed by atoms with Gasteiger partial charge in [-0.25, -0.2) is 0 Å². The lowest BCUT2D eigenvalue weighted by Gasteiger charge is -2.22. The standard InChI is InChI=1S/C23H24ClN3O4.C2H2.CH4O/c24-16-6-7-18-15(9-16)10-19(26-18)23(31)25-17(8-14-4-2-1-3-5-14)11-22(30)27-12-20(28)21(29)13-27;2*1-2/h1-7,9-10,17,20-21,26,28-29H,8,11-13H2,(H,25,31);1-2H;2H,1H3/t17-,20-,21+;;/m0../s1. The molecular formula is C26H30ClN3O5. The molecule has 2 aromatic carbocycles. The van der Waals surface area contributed by atoms with Crippen molar-refractivity contribution in [1.82, 2.24) is 15.2 Å². The Morgan fingerprint density at radius 1 is 1.09 bits per heavy atom. The average Bonchev–Trinajstić information content (AvgIpc) is 3.45. The Labute approximate surface area is 209 Å². The van der Waals surface area contributed by atoms with E-state index in [0.717, 1.165) is 23.6 Å². The van der Waals surface area contributed by atoms with Gasteiger partial charge in [-0.1, -0.05) is 41.9 Å². The number of β-amino-alcohol motifs (C(OH)–C–C–N with tert-alkyl or cyclic N) is 2. The number of likely N-dealkylation sites (tertiary alicyclic amines) is 1. The molecule has 0 spiro atoms. The van der Waals surface area contributed by atoms with E-state index in [9.17, 15) is 19.8 Å². The van der Waals surface area contributed by atoms with Crippen LogP contribution in [0.4, 0.5) is 0 Å². The highest BCUT2D eigenvalue weighted by atomic mass is 35.5. The first-order valence-corrected chi connectivity index (χ1v) is 11.3. The van der Waals surface area contributed by atoms with Crippen LogP contribution in [-0.2, 0) is 11.2 Å². The van der Waals surface area contributed by atoms with Gasteiger partial charge in [0.15, 0.2) is 0 Å². The van der Waals surface area contributed by atoms with Crippen molar-refractivity contribution >= 4 is 34.3 Å². The number of amides is 2. The van der Waals surface area contributed by atoms with Crippen LogP contribution in [-0.4, -0.2) is 75.5 Å². The first-order chi connectivity index (χ1) is 16.9. The summed E-state index contributed by atoms with van der Waals surface area (Å²) in [7, 11) is 1.00. The molecule has 35 heavy (non-hydrogen) atoms.